The van der Waals surface area contributed by atoms with Gasteiger partial charge in [0.05, 0.1) is 10.7 Å². The van der Waals surface area contributed by atoms with Crippen LogP contribution in [0.25, 0.3) is 0 Å². The van der Waals surface area contributed by atoms with Crippen LogP contribution in [0.3, 0.4) is 0 Å². The summed E-state index contributed by atoms with van der Waals surface area (Å²) in [6.07, 6.45) is 2.53. The second-order valence-electron chi connectivity index (χ2n) is 2.68. The summed E-state index contributed by atoms with van der Waals surface area (Å²) in [7, 11) is 0. The van der Waals surface area contributed by atoms with Crippen molar-refractivity contribution < 1.29 is 4.84 Å². The molecule has 0 aromatic heterocycles. The molecule has 0 saturated carbocycles. The second kappa shape index (κ2) is 3.36. The number of hydrogen-bond acceptors (Lipinski definition) is 3. The number of anilines is 1. The fourth-order valence-electron chi connectivity index (χ4n) is 1.06. The molecule has 0 bridgehead atoms. The molecule has 67 valence electrons. The molecule has 0 amide bonds. The van der Waals surface area contributed by atoms with E-state index in [9.17, 15) is 0 Å². The number of rotatable bonds is 1. The topological polar surface area (TPSA) is 24.8 Å². The predicted octanol–water partition coefficient (Wildman–Crippen LogP) is 2.34. The van der Waals surface area contributed by atoms with Crippen molar-refractivity contribution in [2.75, 3.05) is 5.06 Å². The van der Waals surface area contributed by atoms with Crippen molar-refractivity contribution in [1.82, 2.24) is 0 Å². The number of para-hydroxylation sites is 1. The van der Waals surface area contributed by atoms with Gasteiger partial charge >= 0.3 is 0 Å². The Kier molecular flexibility index (Phi) is 2.20. The van der Waals surface area contributed by atoms with Gasteiger partial charge in [0, 0.05) is 0 Å². The van der Waals surface area contributed by atoms with Crippen LogP contribution in [0.4, 0.5) is 5.69 Å². The van der Waals surface area contributed by atoms with E-state index in [2.05, 4.69) is 11.3 Å². The number of hydroxylamine groups is 1. The van der Waals surface area contributed by atoms with Gasteiger partial charge in [0.15, 0.2) is 6.23 Å². The molecule has 1 aromatic rings. The van der Waals surface area contributed by atoms with Crippen molar-refractivity contribution in [3.05, 3.63) is 29.3 Å². The lowest BCUT2D eigenvalue weighted by molar-refractivity contribution is 0.101. The maximum Gasteiger partial charge on any atom is 0.201 e. The van der Waals surface area contributed by atoms with Gasteiger partial charge in [-0.25, -0.2) is 9.83 Å². The van der Waals surface area contributed by atoms with E-state index in [1.165, 1.54) is 5.06 Å². The van der Waals surface area contributed by atoms with Gasteiger partial charge < -0.3 is 0 Å². The Morgan fingerprint density at radius 2 is 2.31 bits per heavy atom. The molecular weight excluding hydrogens is 188 g/mol. The van der Waals surface area contributed by atoms with Gasteiger partial charge in [0.1, 0.15) is 0 Å². The molecule has 3 nitrogen and oxygen atoms in total. The zero-order valence-electron chi connectivity index (χ0n) is 7.07. The van der Waals surface area contributed by atoms with Crippen molar-refractivity contribution in [2.24, 2.45) is 4.99 Å². The van der Waals surface area contributed by atoms with Gasteiger partial charge in [-0.15, -0.1) is 0 Å². The van der Waals surface area contributed by atoms with E-state index in [1.54, 1.807) is 6.07 Å². The van der Waals surface area contributed by atoms with Gasteiger partial charge in [0.2, 0.25) is 6.34 Å². The molecule has 0 N–H and O–H groups in total. The third-order valence-electron chi connectivity index (χ3n) is 1.66. The van der Waals surface area contributed by atoms with E-state index < -0.39 is 0 Å². The zero-order chi connectivity index (χ0) is 9.26. The van der Waals surface area contributed by atoms with Gasteiger partial charge in [-0.2, -0.15) is 5.06 Å². The molecule has 0 fully saturated rings. The summed E-state index contributed by atoms with van der Waals surface area (Å²) in [4.78, 5) is 9.23. The van der Waals surface area contributed by atoms with E-state index in [0.717, 1.165) is 5.69 Å². The monoisotopic (exact) mass is 195 g/mol. The maximum atomic E-state index is 5.95. The highest BCUT2D eigenvalue weighted by Gasteiger charge is 2.17. The predicted molar refractivity (Wildman–Crippen MR) is 51.9 cm³/mol. The maximum absolute atomic E-state index is 5.95. The van der Waals surface area contributed by atoms with Crippen LogP contribution in [-0.2, 0) is 4.84 Å². The van der Waals surface area contributed by atoms with Crippen LogP contribution in [0.5, 0.6) is 0 Å². The van der Waals surface area contributed by atoms with E-state index in [-0.39, 0.29) is 6.23 Å². The van der Waals surface area contributed by atoms with Gasteiger partial charge in [-0.3, -0.25) is 0 Å². The Morgan fingerprint density at radius 1 is 1.54 bits per heavy atom. The minimum Gasteiger partial charge on any atom is -0.240 e. The van der Waals surface area contributed by atoms with Crippen molar-refractivity contribution >= 4 is 23.6 Å². The fourth-order valence-corrected chi connectivity index (χ4v) is 1.27. The number of halogens is 1. The minimum absolute atomic E-state index is 0.184. The van der Waals surface area contributed by atoms with Crippen LogP contribution in [0.1, 0.15) is 6.92 Å². The molecule has 0 saturated heterocycles. The van der Waals surface area contributed by atoms with E-state index in [0.29, 0.717) is 5.02 Å². The van der Waals surface area contributed by atoms with Crippen LogP contribution in [-0.4, -0.2) is 12.6 Å². The molecule has 1 heterocycles. The second-order valence-corrected chi connectivity index (χ2v) is 3.09. The third kappa shape index (κ3) is 1.66. The Balaban J connectivity index is 2.27. The summed E-state index contributed by atoms with van der Waals surface area (Å²) < 4.78 is 0. The molecule has 1 radical (unpaired) electrons. The summed E-state index contributed by atoms with van der Waals surface area (Å²) >= 11 is 5.95. The SMILES string of the molecule is CC1N=[C]N(c2ccccc2Cl)O1. The minimum atomic E-state index is -0.184. The molecule has 4 heteroatoms. The molecule has 1 aromatic carbocycles. The van der Waals surface area contributed by atoms with Crippen molar-refractivity contribution in [2.45, 2.75) is 13.2 Å². The highest BCUT2D eigenvalue weighted by Crippen LogP contribution is 2.26. The summed E-state index contributed by atoms with van der Waals surface area (Å²) in [5.41, 5.74) is 0.761. The third-order valence-corrected chi connectivity index (χ3v) is 1.98. The average molecular weight is 196 g/mol. The van der Waals surface area contributed by atoms with Crippen LogP contribution in [0.2, 0.25) is 5.02 Å². The van der Waals surface area contributed by atoms with Crippen LogP contribution in [0.15, 0.2) is 29.3 Å². The summed E-state index contributed by atoms with van der Waals surface area (Å²) in [5, 5.41) is 2.08. The summed E-state index contributed by atoms with van der Waals surface area (Å²) in [6.45, 7) is 1.84. The van der Waals surface area contributed by atoms with Crippen LogP contribution >= 0.6 is 11.6 Å². The van der Waals surface area contributed by atoms with Crippen LogP contribution < -0.4 is 5.06 Å². The lowest BCUT2D eigenvalue weighted by Gasteiger charge is -2.14. The lowest BCUT2D eigenvalue weighted by Crippen LogP contribution is -2.18. The molecule has 1 aliphatic heterocycles. The summed E-state index contributed by atoms with van der Waals surface area (Å²) in [5.74, 6) is 0. The van der Waals surface area contributed by atoms with Gasteiger partial charge in [-0.05, 0) is 19.1 Å². The molecule has 0 spiro atoms. The van der Waals surface area contributed by atoms with Gasteiger partial charge in [-0.1, -0.05) is 23.7 Å². The normalized spacial score (nSPS) is 21.1. The number of aliphatic imine (C=N–C) groups is 1. The molecule has 1 aliphatic rings. The number of hydrogen-bond donors (Lipinski definition) is 0. The Morgan fingerprint density at radius 3 is 2.92 bits per heavy atom. The van der Waals surface area contributed by atoms with Gasteiger partial charge in [0.25, 0.3) is 0 Å². The molecule has 2 rings (SSSR count). The standard InChI is InChI=1S/C9H8ClN2O/c1-7-11-6-12(13-7)9-5-3-2-4-8(9)10/h2-5,7H,1H3. The smallest absolute Gasteiger partial charge is 0.201 e. The fraction of sp³-hybridized carbons (Fsp3) is 0.222. The van der Waals surface area contributed by atoms with Crippen molar-refractivity contribution in [3.63, 3.8) is 0 Å². The Hall–Kier alpha value is -1.06. The molecule has 13 heavy (non-hydrogen) atoms. The summed E-state index contributed by atoms with van der Waals surface area (Å²) in [6, 6.07) is 7.39. The average Bonchev–Trinajstić information content (AvgIpc) is 2.53. The van der Waals surface area contributed by atoms with E-state index in [4.69, 9.17) is 16.4 Å². The van der Waals surface area contributed by atoms with E-state index >= 15 is 0 Å². The first-order valence-electron chi connectivity index (χ1n) is 3.94. The quantitative estimate of drug-likeness (QED) is 0.687. The molecule has 0 aliphatic carbocycles. The highest BCUT2D eigenvalue weighted by atomic mass is 35.5. The largest absolute Gasteiger partial charge is 0.240 e. The first-order valence-corrected chi connectivity index (χ1v) is 4.32. The first kappa shape index (κ1) is 8.53. The van der Waals surface area contributed by atoms with Crippen molar-refractivity contribution in [1.29, 1.82) is 0 Å². The first-order chi connectivity index (χ1) is 6.27. The zero-order valence-corrected chi connectivity index (χ0v) is 7.82. The van der Waals surface area contributed by atoms with Crippen LogP contribution in [0, 0.1) is 0 Å². The van der Waals surface area contributed by atoms with E-state index in [1.807, 2.05) is 25.1 Å². The molecular formula is C9H8ClN2O. The number of benzene rings is 1. The Bertz CT molecular complexity index is 340. The Labute approximate surface area is 81.5 Å². The highest BCUT2D eigenvalue weighted by molar-refractivity contribution is 6.33. The molecule has 1 atom stereocenters. The molecule has 1 unspecified atom stereocenters. The lowest BCUT2D eigenvalue weighted by atomic mass is 10.3. The number of nitrogens with zero attached hydrogens (tertiary/aromatic N) is 2. The van der Waals surface area contributed by atoms with Crippen molar-refractivity contribution in [3.8, 4) is 0 Å².